The molecule has 1 amide bonds. The highest BCUT2D eigenvalue weighted by Crippen LogP contribution is 2.31. The molecular weight excluding hydrogens is 370 g/mol. The van der Waals surface area contributed by atoms with E-state index in [1.54, 1.807) is 18.2 Å². The third-order valence-corrected chi connectivity index (χ3v) is 4.36. The van der Waals surface area contributed by atoms with Crippen molar-refractivity contribution in [3.05, 3.63) is 47.0 Å². The molecule has 1 aromatic heterocycles. The highest BCUT2D eigenvalue weighted by Gasteiger charge is 2.15. The fourth-order valence-corrected chi connectivity index (χ4v) is 2.81. The van der Waals surface area contributed by atoms with Crippen LogP contribution in [-0.4, -0.2) is 16.0 Å². The van der Waals surface area contributed by atoms with Gasteiger partial charge in [0.1, 0.15) is 5.52 Å². The van der Waals surface area contributed by atoms with Gasteiger partial charge in [0.05, 0.1) is 0 Å². The van der Waals surface area contributed by atoms with E-state index in [4.69, 9.17) is 28.2 Å². The predicted molar refractivity (Wildman–Crippen MR) is 108 cm³/mol. The fourth-order valence-electron chi connectivity index (χ4n) is 2.43. The van der Waals surface area contributed by atoms with Crippen LogP contribution in [-0.2, 0) is 4.79 Å². The highest BCUT2D eigenvalue weighted by atomic mass is 35.5. The second-order valence-electron chi connectivity index (χ2n) is 6.21. The third kappa shape index (κ3) is 3.86. The minimum absolute atomic E-state index is 0.132. The summed E-state index contributed by atoms with van der Waals surface area (Å²) in [5.74, 6) is 0.224. The summed E-state index contributed by atoms with van der Waals surface area (Å²) >= 11 is 11.2. The van der Waals surface area contributed by atoms with Crippen LogP contribution < -0.4 is 10.6 Å². The van der Waals surface area contributed by atoms with E-state index in [0.29, 0.717) is 22.0 Å². The van der Waals surface area contributed by atoms with E-state index in [9.17, 15) is 4.79 Å². The Kier molecular flexibility index (Phi) is 5.25. The fraction of sp³-hybridized carbons (Fsp3) is 0.211. The van der Waals surface area contributed by atoms with Gasteiger partial charge in [0.2, 0.25) is 11.8 Å². The summed E-state index contributed by atoms with van der Waals surface area (Å²) in [5, 5.41) is 6.59. The van der Waals surface area contributed by atoms with Gasteiger partial charge in [0, 0.05) is 22.2 Å². The van der Waals surface area contributed by atoms with E-state index in [0.717, 1.165) is 16.8 Å². The van der Waals surface area contributed by atoms with Gasteiger partial charge < -0.3 is 15.1 Å². The Morgan fingerprint density at radius 3 is 2.77 bits per heavy atom. The van der Waals surface area contributed by atoms with Gasteiger partial charge in [0.25, 0.3) is 0 Å². The molecule has 0 aliphatic rings. The molecule has 0 radical (unpaired) electrons. The topological polar surface area (TPSA) is 67.2 Å². The molecule has 0 atom stereocenters. The van der Waals surface area contributed by atoms with Crippen LogP contribution >= 0.6 is 23.8 Å². The van der Waals surface area contributed by atoms with Gasteiger partial charge in [-0.1, -0.05) is 31.5 Å². The van der Waals surface area contributed by atoms with Crippen molar-refractivity contribution in [1.82, 2.24) is 10.3 Å². The molecule has 2 aromatic carbocycles. The molecule has 0 saturated carbocycles. The number of nitrogens with zero attached hydrogens (tertiary/aromatic N) is 1. The van der Waals surface area contributed by atoms with Crippen molar-refractivity contribution < 1.29 is 9.21 Å². The number of carbonyl (C=O) groups is 1. The molecular formula is C19H18ClN3O2S. The van der Waals surface area contributed by atoms with Crippen molar-refractivity contribution in [2.75, 3.05) is 5.32 Å². The lowest BCUT2D eigenvalue weighted by Gasteiger charge is -2.14. The maximum Gasteiger partial charge on any atom is 0.228 e. The molecule has 134 valence electrons. The molecule has 1 heterocycles. The van der Waals surface area contributed by atoms with Crippen LogP contribution in [0.4, 0.5) is 5.69 Å². The summed E-state index contributed by atoms with van der Waals surface area (Å²) in [6.45, 7) is 5.55. The summed E-state index contributed by atoms with van der Waals surface area (Å²) < 4.78 is 5.85. The first-order chi connectivity index (χ1) is 12.3. The number of hydrogen-bond acceptors (Lipinski definition) is 4. The largest absolute Gasteiger partial charge is 0.436 e. The second kappa shape index (κ2) is 7.43. The first-order valence-corrected chi connectivity index (χ1v) is 8.91. The van der Waals surface area contributed by atoms with Crippen LogP contribution in [0.25, 0.3) is 22.6 Å². The van der Waals surface area contributed by atoms with Crippen molar-refractivity contribution in [2.45, 2.75) is 20.8 Å². The number of nitrogens with one attached hydrogen (secondary N) is 2. The molecule has 26 heavy (non-hydrogen) atoms. The molecule has 7 heteroatoms. The Morgan fingerprint density at radius 2 is 2.04 bits per heavy atom. The lowest BCUT2D eigenvalue weighted by Crippen LogP contribution is -2.36. The summed E-state index contributed by atoms with van der Waals surface area (Å²) in [6.07, 6.45) is 0. The maximum atomic E-state index is 11.8. The van der Waals surface area contributed by atoms with Crippen molar-refractivity contribution in [1.29, 1.82) is 0 Å². The van der Waals surface area contributed by atoms with E-state index in [1.165, 1.54) is 0 Å². The minimum atomic E-state index is -0.145. The van der Waals surface area contributed by atoms with Crippen molar-refractivity contribution >= 4 is 51.6 Å². The molecule has 0 aliphatic heterocycles. The predicted octanol–water partition coefficient (Wildman–Crippen LogP) is 4.93. The number of oxazole rings is 1. The molecule has 0 aliphatic carbocycles. The van der Waals surface area contributed by atoms with E-state index in [2.05, 4.69) is 15.6 Å². The number of aromatic nitrogens is 1. The van der Waals surface area contributed by atoms with Gasteiger partial charge in [0.15, 0.2) is 10.7 Å². The van der Waals surface area contributed by atoms with Crippen LogP contribution in [0.2, 0.25) is 5.02 Å². The zero-order valence-electron chi connectivity index (χ0n) is 14.6. The summed E-state index contributed by atoms with van der Waals surface area (Å²) in [4.78, 5) is 16.3. The quantitative estimate of drug-likeness (QED) is 0.624. The number of fused-ring (bicyclic) bond motifs is 1. The van der Waals surface area contributed by atoms with Crippen molar-refractivity contribution in [3.8, 4) is 11.5 Å². The highest BCUT2D eigenvalue weighted by molar-refractivity contribution is 7.80. The average molecular weight is 388 g/mol. The van der Waals surface area contributed by atoms with Crippen molar-refractivity contribution in [2.24, 2.45) is 5.92 Å². The van der Waals surface area contributed by atoms with E-state index >= 15 is 0 Å². The summed E-state index contributed by atoms with van der Waals surface area (Å²) in [7, 11) is 0. The van der Waals surface area contributed by atoms with Gasteiger partial charge in [-0.2, -0.15) is 0 Å². The molecule has 0 saturated heterocycles. The summed E-state index contributed by atoms with van der Waals surface area (Å²) in [5.41, 5.74) is 3.88. The van der Waals surface area contributed by atoms with E-state index < -0.39 is 0 Å². The zero-order chi connectivity index (χ0) is 18.8. The number of hydrogen-bond donors (Lipinski definition) is 2. The molecule has 2 N–H and O–H groups in total. The van der Waals surface area contributed by atoms with Crippen molar-refractivity contribution in [3.63, 3.8) is 0 Å². The Hall–Kier alpha value is -2.44. The Morgan fingerprint density at radius 1 is 1.27 bits per heavy atom. The zero-order valence-corrected chi connectivity index (χ0v) is 16.2. The van der Waals surface area contributed by atoms with Crippen LogP contribution in [0.5, 0.6) is 0 Å². The van der Waals surface area contributed by atoms with Gasteiger partial charge in [-0.15, -0.1) is 0 Å². The Bertz CT molecular complexity index is 998. The molecule has 5 nitrogen and oxygen atoms in total. The standard InChI is InChI=1S/C19H18ClN3O2S/c1-10(2)17(24)23-19(26)22-14-6-4-5-13(11(14)3)18-21-15-9-12(20)7-8-16(15)25-18/h4-10H,1-3H3,(H2,22,23,24,26). The number of thiocarbonyl (C=S) groups is 1. The monoisotopic (exact) mass is 387 g/mol. The van der Waals surface area contributed by atoms with Crippen LogP contribution in [0.15, 0.2) is 40.8 Å². The van der Waals surface area contributed by atoms with Gasteiger partial charge >= 0.3 is 0 Å². The Balaban J connectivity index is 1.89. The maximum absolute atomic E-state index is 11.8. The van der Waals surface area contributed by atoms with Crippen LogP contribution in [0.1, 0.15) is 19.4 Å². The van der Waals surface area contributed by atoms with E-state index in [1.807, 2.05) is 39.0 Å². The molecule has 0 fully saturated rings. The lowest BCUT2D eigenvalue weighted by molar-refractivity contribution is -0.122. The van der Waals surface area contributed by atoms with Gasteiger partial charge in [-0.3, -0.25) is 4.79 Å². The van der Waals surface area contributed by atoms with Gasteiger partial charge in [-0.25, -0.2) is 4.98 Å². The van der Waals surface area contributed by atoms with Gasteiger partial charge in [-0.05, 0) is 55.0 Å². The molecule has 3 rings (SSSR count). The molecule has 3 aromatic rings. The first-order valence-electron chi connectivity index (χ1n) is 8.13. The van der Waals surface area contributed by atoms with E-state index in [-0.39, 0.29) is 16.9 Å². The SMILES string of the molecule is Cc1c(NC(=S)NC(=O)C(C)C)cccc1-c1nc2cc(Cl)ccc2o1. The number of benzene rings is 2. The van der Waals surface area contributed by atoms with Crippen LogP contribution in [0.3, 0.4) is 0 Å². The Labute approximate surface area is 161 Å². The minimum Gasteiger partial charge on any atom is -0.436 e. The molecule has 0 unspecified atom stereocenters. The number of anilines is 1. The molecule has 0 spiro atoms. The smallest absolute Gasteiger partial charge is 0.228 e. The number of carbonyl (C=O) groups excluding carboxylic acids is 1. The number of amides is 1. The average Bonchev–Trinajstić information content (AvgIpc) is 2.99. The van der Waals surface area contributed by atoms with Crippen LogP contribution in [0, 0.1) is 12.8 Å². The third-order valence-electron chi connectivity index (χ3n) is 3.92. The normalized spacial score (nSPS) is 11.0. The number of rotatable bonds is 3. The number of halogens is 1. The molecule has 0 bridgehead atoms. The summed E-state index contributed by atoms with van der Waals surface area (Å²) in [6, 6.07) is 11.0. The first kappa shape index (κ1) is 18.4. The second-order valence-corrected chi connectivity index (χ2v) is 7.05. The lowest BCUT2D eigenvalue weighted by atomic mass is 10.1.